The molecule has 19 heavy (non-hydrogen) atoms. The van der Waals surface area contributed by atoms with Gasteiger partial charge < -0.3 is 9.47 Å². The summed E-state index contributed by atoms with van der Waals surface area (Å²) in [6.45, 7) is 4.64. The maximum absolute atomic E-state index is 13.8. The van der Waals surface area contributed by atoms with Crippen LogP contribution in [0.2, 0.25) is 0 Å². The number of halogens is 1. The molecule has 0 amide bonds. The van der Waals surface area contributed by atoms with Crippen LogP contribution in [-0.2, 0) is 9.53 Å². The van der Waals surface area contributed by atoms with Crippen molar-refractivity contribution in [2.75, 3.05) is 13.7 Å². The highest BCUT2D eigenvalue weighted by molar-refractivity contribution is 6.12. The summed E-state index contributed by atoms with van der Waals surface area (Å²) in [5.41, 5.74) is -1.58. The maximum atomic E-state index is 13.8. The van der Waals surface area contributed by atoms with E-state index >= 15 is 0 Å². The Morgan fingerprint density at radius 1 is 1.32 bits per heavy atom. The van der Waals surface area contributed by atoms with Gasteiger partial charge in [0.15, 0.2) is 5.78 Å². The molecule has 1 aromatic carbocycles. The van der Waals surface area contributed by atoms with E-state index in [-0.39, 0.29) is 12.2 Å². The van der Waals surface area contributed by atoms with Crippen LogP contribution >= 0.6 is 0 Å². The lowest BCUT2D eigenvalue weighted by atomic mass is 9.84. The summed E-state index contributed by atoms with van der Waals surface area (Å²) in [6, 6.07) is 3.88. The van der Waals surface area contributed by atoms with Crippen LogP contribution in [0.4, 0.5) is 4.39 Å². The van der Waals surface area contributed by atoms with Gasteiger partial charge in [-0.25, -0.2) is 4.39 Å². The molecule has 0 spiro atoms. The Kier molecular flexibility index (Phi) is 4.64. The second-order valence-electron chi connectivity index (χ2n) is 4.52. The molecule has 0 aromatic heterocycles. The molecule has 0 unspecified atom stereocenters. The van der Waals surface area contributed by atoms with Crippen LogP contribution in [-0.4, -0.2) is 25.5 Å². The predicted molar refractivity (Wildman–Crippen MR) is 67.7 cm³/mol. The molecular formula is C14H17FO4. The predicted octanol–water partition coefficient (Wildman–Crippen LogP) is 2.61. The number of carbonyl (C=O) groups excluding carboxylic acids is 2. The fraction of sp³-hybridized carbons (Fsp3) is 0.429. The zero-order chi connectivity index (χ0) is 14.6. The summed E-state index contributed by atoms with van der Waals surface area (Å²) >= 11 is 0. The summed E-state index contributed by atoms with van der Waals surface area (Å²) < 4.78 is 23.5. The number of ether oxygens (including phenoxy) is 2. The molecule has 104 valence electrons. The normalized spacial score (nSPS) is 11.0. The Balaban J connectivity index is 3.09. The van der Waals surface area contributed by atoms with Gasteiger partial charge in [-0.05, 0) is 32.9 Å². The molecule has 0 aliphatic heterocycles. The lowest BCUT2D eigenvalue weighted by Gasteiger charge is -2.21. The molecule has 0 heterocycles. The van der Waals surface area contributed by atoms with E-state index in [1.807, 2.05) is 0 Å². The third-order valence-electron chi connectivity index (χ3n) is 2.77. The summed E-state index contributed by atoms with van der Waals surface area (Å²) in [5, 5.41) is 0. The minimum atomic E-state index is -1.43. The van der Waals surface area contributed by atoms with Gasteiger partial charge in [-0.2, -0.15) is 0 Å². The molecule has 0 N–H and O–H groups in total. The number of rotatable bonds is 5. The molecule has 5 heteroatoms. The average Bonchev–Trinajstić information content (AvgIpc) is 2.37. The van der Waals surface area contributed by atoms with E-state index < -0.39 is 23.0 Å². The van der Waals surface area contributed by atoms with Crippen molar-refractivity contribution in [2.24, 2.45) is 5.41 Å². The summed E-state index contributed by atoms with van der Waals surface area (Å²) in [7, 11) is 1.40. The highest BCUT2D eigenvalue weighted by Crippen LogP contribution is 2.27. The number of carbonyl (C=O) groups is 2. The van der Waals surface area contributed by atoms with Crippen LogP contribution < -0.4 is 4.74 Å². The Morgan fingerprint density at radius 2 is 1.95 bits per heavy atom. The number of esters is 1. The van der Waals surface area contributed by atoms with Crippen molar-refractivity contribution in [1.29, 1.82) is 0 Å². The van der Waals surface area contributed by atoms with Crippen LogP contribution in [0, 0.1) is 11.2 Å². The second-order valence-corrected chi connectivity index (χ2v) is 4.52. The quantitative estimate of drug-likeness (QED) is 0.468. The van der Waals surface area contributed by atoms with Crippen molar-refractivity contribution in [1.82, 2.24) is 0 Å². The number of methoxy groups -OCH3 is 1. The third kappa shape index (κ3) is 3.10. The SMILES string of the molecule is CCOC(=O)C(C)(C)C(=O)c1ccc(OC)cc1F. The van der Waals surface area contributed by atoms with Crippen molar-refractivity contribution in [3.63, 3.8) is 0 Å². The standard InChI is InChI=1S/C14H17FO4/c1-5-19-13(17)14(2,3)12(16)10-7-6-9(18-4)8-11(10)15/h6-8H,5H2,1-4H3. The van der Waals surface area contributed by atoms with Crippen LogP contribution in [0.15, 0.2) is 18.2 Å². The van der Waals surface area contributed by atoms with Gasteiger partial charge in [-0.15, -0.1) is 0 Å². The lowest BCUT2D eigenvalue weighted by molar-refractivity contribution is -0.150. The minimum Gasteiger partial charge on any atom is -0.497 e. The molecule has 0 fully saturated rings. The molecule has 0 radical (unpaired) electrons. The molecule has 0 aliphatic carbocycles. The smallest absolute Gasteiger partial charge is 0.319 e. The highest BCUT2D eigenvalue weighted by Gasteiger charge is 2.39. The molecule has 0 bridgehead atoms. The third-order valence-corrected chi connectivity index (χ3v) is 2.77. The molecule has 0 saturated heterocycles. The number of hydrogen-bond acceptors (Lipinski definition) is 4. The lowest BCUT2D eigenvalue weighted by Crippen LogP contribution is -2.35. The average molecular weight is 268 g/mol. The number of benzene rings is 1. The largest absolute Gasteiger partial charge is 0.497 e. The van der Waals surface area contributed by atoms with Gasteiger partial charge >= 0.3 is 5.97 Å². The van der Waals surface area contributed by atoms with Crippen LogP contribution in [0.3, 0.4) is 0 Å². The van der Waals surface area contributed by atoms with Gasteiger partial charge in [-0.1, -0.05) is 0 Å². The van der Waals surface area contributed by atoms with Gasteiger partial charge in [0.2, 0.25) is 0 Å². The zero-order valence-electron chi connectivity index (χ0n) is 11.5. The summed E-state index contributed by atoms with van der Waals surface area (Å²) in [6.07, 6.45) is 0. The van der Waals surface area contributed by atoms with Crippen molar-refractivity contribution >= 4 is 11.8 Å². The van der Waals surface area contributed by atoms with E-state index in [1.54, 1.807) is 6.92 Å². The first-order chi connectivity index (χ1) is 8.84. The summed E-state index contributed by atoms with van der Waals surface area (Å²) in [5.74, 6) is -1.70. The van der Waals surface area contributed by atoms with E-state index in [1.165, 1.54) is 33.1 Å². The molecule has 0 aliphatic rings. The molecule has 1 rings (SSSR count). The van der Waals surface area contributed by atoms with Gasteiger partial charge in [0.1, 0.15) is 17.0 Å². The molecule has 4 nitrogen and oxygen atoms in total. The Morgan fingerprint density at radius 3 is 2.42 bits per heavy atom. The first-order valence-electron chi connectivity index (χ1n) is 5.90. The molecule has 0 atom stereocenters. The number of Topliss-reactive ketones (excluding diaryl/α,β-unsaturated/α-hetero) is 1. The van der Waals surface area contributed by atoms with Crippen LogP contribution in [0.1, 0.15) is 31.1 Å². The fourth-order valence-corrected chi connectivity index (χ4v) is 1.55. The Hall–Kier alpha value is -1.91. The summed E-state index contributed by atoms with van der Waals surface area (Å²) in [4.78, 5) is 23.9. The monoisotopic (exact) mass is 268 g/mol. The zero-order valence-corrected chi connectivity index (χ0v) is 11.5. The van der Waals surface area contributed by atoms with Crippen molar-refractivity contribution in [3.05, 3.63) is 29.6 Å². The van der Waals surface area contributed by atoms with Gasteiger partial charge in [0, 0.05) is 6.07 Å². The van der Waals surface area contributed by atoms with E-state index in [9.17, 15) is 14.0 Å². The first-order valence-corrected chi connectivity index (χ1v) is 5.90. The van der Waals surface area contributed by atoms with Gasteiger partial charge in [0.05, 0.1) is 19.3 Å². The van der Waals surface area contributed by atoms with E-state index in [2.05, 4.69) is 0 Å². The first kappa shape index (κ1) is 15.1. The van der Waals surface area contributed by atoms with Crippen molar-refractivity contribution in [2.45, 2.75) is 20.8 Å². The highest BCUT2D eigenvalue weighted by atomic mass is 19.1. The molecular weight excluding hydrogens is 251 g/mol. The van der Waals surface area contributed by atoms with E-state index in [0.29, 0.717) is 5.75 Å². The van der Waals surface area contributed by atoms with Crippen molar-refractivity contribution < 1.29 is 23.5 Å². The molecule has 0 saturated carbocycles. The van der Waals surface area contributed by atoms with Gasteiger partial charge in [-0.3, -0.25) is 9.59 Å². The number of hydrogen-bond donors (Lipinski definition) is 0. The topological polar surface area (TPSA) is 52.6 Å². The van der Waals surface area contributed by atoms with Crippen molar-refractivity contribution in [3.8, 4) is 5.75 Å². The van der Waals surface area contributed by atoms with Crippen LogP contribution in [0.25, 0.3) is 0 Å². The Bertz CT molecular complexity index is 494. The molecule has 1 aromatic rings. The Labute approximate surface area is 111 Å². The minimum absolute atomic E-state index is 0.154. The fourth-order valence-electron chi connectivity index (χ4n) is 1.55. The van der Waals surface area contributed by atoms with Gasteiger partial charge in [0.25, 0.3) is 0 Å². The van der Waals surface area contributed by atoms with Crippen LogP contribution in [0.5, 0.6) is 5.75 Å². The maximum Gasteiger partial charge on any atom is 0.319 e. The van der Waals surface area contributed by atoms with E-state index in [0.717, 1.165) is 6.07 Å². The second kappa shape index (κ2) is 5.82. The van der Waals surface area contributed by atoms with E-state index in [4.69, 9.17) is 9.47 Å². The number of ketones is 1.